The molecule has 3 aromatic carbocycles. The molecule has 34 heavy (non-hydrogen) atoms. The van der Waals surface area contributed by atoms with E-state index in [0.717, 1.165) is 37.4 Å². The summed E-state index contributed by atoms with van der Waals surface area (Å²) in [7, 11) is 1.74. The van der Waals surface area contributed by atoms with Gasteiger partial charge in [0.05, 0.1) is 13.2 Å². The van der Waals surface area contributed by atoms with Crippen molar-refractivity contribution < 1.29 is 9.47 Å². The Morgan fingerprint density at radius 2 is 1.76 bits per heavy atom. The zero-order chi connectivity index (χ0) is 23.3. The summed E-state index contributed by atoms with van der Waals surface area (Å²) in [5, 5.41) is 3.60. The number of nitrogens with one attached hydrogen (secondary N) is 1. The third-order valence-electron chi connectivity index (χ3n) is 7.38. The van der Waals surface area contributed by atoms with E-state index in [4.69, 9.17) is 9.47 Å². The summed E-state index contributed by atoms with van der Waals surface area (Å²) in [5.74, 6) is 1.89. The van der Waals surface area contributed by atoms with Crippen molar-refractivity contribution in [1.29, 1.82) is 0 Å². The molecule has 4 heteroatoms. The molecule has 1 N–H and O–H groups in total. The average Bonchev–Trinajstić information content (AvgIpc) is 2.90. The summed E-state index contributed by atoms with van der Waals surface area (Å²) in [6.45, 7) is 4.29. The standard InChI is InChI=1S/C30H36N2O2/c1-22(29-10-6-7-18-31-29)34-26-13-11-23(12-14-26)20-30-28-16-15-27(33-2)21-24(28)17-19-32(30)25-8-4-3-5-9-25/h3-5,8-9,11-16,21-22,29-31H,6-7,10,17-20H2,1-2H3. The highest BCUT2D eigenvalue weighted by molar-refractivity contribution is 5.53. The number of ether oxygens (including phenoxy) is 2. The van der Waals surface area contributed by atoms with Crippen molar-refractivity contribution >= 4 is 5.69 Å². The Labute approximate surface area is 203 Å². The van der Waals surface area contributed by atoms with Crippen molar-refractivity contribution in [3.05, 3.63) is 89.5 Å². The van der Waals surface area contributed by atoms with Crippen LogP contribution in [0.3, 0.4) is 0 Å². The Balaban J connectivity index is 1.35. The lowest BCUT2D eigenvalue weighted by Crippen LogP contribution is -2.44. The molecule has 0 aliphatic carbocycles. The van der Waals surface area contributed by atoms with Gasteiger partial charge in [0.25, 0.3) is 0 Å². The Bertz CT molecular complexity index is 1060. The Morgan fingerprint density at radius 3 is 2.50 bits per heavy atom. The van der Waals surface area contributed by atoms with Crippen molar-refractivity contribution in [3.8, 4) is 11.5 Å². The fourth-order valence-corrected chi connectivity index (χ4v) is 5.47. The van der Waals surface area contributed by atoms with Gasteiger partial charge in [-0.2, -0.15) is 0 Å². The molecule has 0 amide bonds. The summed E-state index contributed by atoms with van der Waals surface area (Å²) >= 11 is 0. The molecule has 3 aromatic rings. The molecule has 3 unspecified atom stereocenters. The van der Waals surface area contributed by atoms with Crippen LogP contribution in [-0.2, 0) is 12.8 Å². The largest absolute Gasteiger partial charge is 0.497 e. The predicted molar refractivity (Wildman–Crippen MR) is 139 cm³/mol. The molecule has 0 saturated carbocycles. The number of benzene rings is 3. The number of hydrogen-bond donors (Lipinski definition) is 1. The van der Waals surface area contributed by atoms with E-state index in [-0.39, 0.29) is 12.1 Å². The monoisotopic (exact) mass is 456 g/mol. The van der Waals surface area contributed by atoms with Gasteiger partial charge in [0.2, 0.25) is 0 Å². The van der Waals surface area contributed by atoms with Crippen LogP contribution in [0, 0.1) is 0 Å². The molecule has 4 nitrogen and oxygen atoms in total. The van der Waals surface area contributed by atoms with Gasteiger partial charge in [-0.1, -0.05) is 42.8 Å². The highest BCUT2D eigenvalue weighted by atomic mass is 16.5. The minimum atomic E-state index is 0.180. The Morgan fingerprint density at radius 1 is 0.971 bits per heavy atom. The van der Waals surface area contributed by atoms with Gasteiger partial charge in [-0.3, -0.25) is 0 Å². The lowest BCUT2D eigenvalue weighted by molar-refractivity contribution is 0.152. The van der Waals surface area contributed by atoms with Gasteiger partial charge < -0.3 is 19.7 Å². The number of nitrogens with zero attached hydrogens (tertiary/aromatic N) is 1. The number of fused-ring (bicyclic) bond motifs is 1. The summed E-state index contributed by atoms with van der Waals surface area (Å²) < 4.78 is 11.8. The first-order chi connectivity index (χ1) is 16.7. The second-order valence-electron chi connectivity index (χ2n) is 9.59. The van der Waals surface area contributed by atoms with Crippen LogP contribution < -0.4 is 19.7 Å². The highest BCUT2D eigenvalue weighted by Crippen LogP contribution is 2.37. The van der Waals surface area contributed by atoms with Crippen molar-refractivity contribution in [2.45, 2.75) is 57.2 Å². The molecule has 2 aliphatic rings. The average molecular weight is 457 g/mol. The first-order valence-corrected chi connectivity index (χ1v) is 12.7. The van der Waals surface area contributed by atoms with E-state index in [0.29, 0.717) is 6.04 Å². The molecule has 2 heterocycles. The van der Waals surface area contributed by atoms with Crippen LogP contribution in [0.15, 0.2) is 72.8 Å². The van der Waals surface area contributed by atoms with Gasteiger partial charge in [0.15, 0.2) is 0 Å². The number of para-hydroxylation sites is 1. The van der Waals surface area contributed by atoms with Crippen LogP contribution in [0.25, 0.3) is 0 Å². The van der Waals surface area contributed by atoms with Crippen molar-refractivity contribution in [3.63, 3.8) is 0 Å². The van der Waals surface area contributed by atoms with Crippen LogP contribution in [0.4, 0.5) is 5.69 Å². The summed E-state index contributed by atoms with van der Waals surface area (Å²) in [4.78, 5) is 2.55. The fourth-order valence-electron chi connectivity index (χ4n) is 5.47. The number of piperidine rings is 1. The maximum Gasteiger partial charge on any atom is 0.119 e. The van der Waals surface area contributed by atoms with Crippen LogP contribution in [0.2, 0.25) is 0 Å². The Hall–Kier alpha value is -2.98. The molecular weight excluding hydrogens is 420 g/mol. The first-order valence-electron chi connectivity index (χ1n) is 12.7. The SMILES string of the molecule is COc1ccc2c(c1)CCN(c1ccccc1)C2Cc1ccc(OC(C)C2CCCCN2)cc1. The van der Waals surface area contributed by atoms with E-state index in [9.17, 15) is 0 Å². The lowest BCUT2D eigenvalue weighted by Gasteiger charge is -2.39. The fraction of sp³-hybridized carbons (Fsp3) is 0.400. The molecule has 0 bridgehead atoms. The van der Waals surface area contributed by atoms with Gasteiger partial charge in [-0.05, 0) is 92.2 Å². The molecule has 0 aromatic heterocycles. The number of anilines is 1. The maximum absolute atomic E-state index is 6.28. The van der Waals surface area contributed by atoms with Crippen LogP contribution in [0.1, 0.15) is 48.9 Å². The first kappa shape index (κ1) is 22.8. The van der Waals surface area contributed by atoms with E-state index < -0.39 is 0 Å². The van der Waals surface area contributed by atoms with E-state index in [1.165, 1.54) is 41.6 Å². The molecule has 1 saturated heterocycles. The third kappa shape index (κ3) is 5.07. The molecular formula is C30H36N2O2. The van der Waals surface area contributed by atoms with Gasteiger partial charge in [0.1, 0.15) is 17.6 Å². The molecule has 5 rings (SSSR count). The minimum Gasteiger partial charge on any atom is -0.497 e. The second kappa shape index (κ2) is 10.5. The van der Waals surface area contributed by atoms with Crippen molar-refractivity contribution in [2.75, 3.05) is 25.1 Å². The molecule has 0 spiro atoms. The van der Waals surface area contributed by atoms with Gasteiger partial charge in [-0.15, -0.1) is 0 Å². The number of methoxy groups -OCH3 is 1. The smallest absolute Gasteiger partial charge is 0.119 e. The highest BCUT2D eigenvalue weighted by Gasteiger charge is 2.28. The summed E-state index contributed by atoms with van der Waals surface area (Å²) in [6, 6.07) is 26.8. The van der Waals surface area contributed by atoms with E-state index >= 15 is 0 Å². The molecule has 3 atom stereocenters. The third-order valence-corrected chi connectivity index (χ3v) is 7.38. The summed E-state index contributed by atoms with van der Waals surface area (Å²) in [5.41, 5.74) is 5.40. The van der Waals surface area contributed by atoms with Gasteiger partial charge in [-0.25, -0.2) is 0 Å². The molecule has 2 aliphatic heterocycles. The minimum absolute atomic E-state index is 0.180. The summed E-state index contributed by atoms with van der Waals surface area (Å²) in [6.07, 6.45) is 5.92. The number of rotatable bonds is 7. The number of hydrogen-bond acceptors (Lipinski definition) is 4. The molecule has 1 fully saturated rings. The van der Waals surface area contributed by atoms with Gasteiger partial charge >= 0.3 is 0 Å². The predicted octanol–water partition coefficient (Wildman–Crippen LogP) is 5.95. The van der Waals surface area contributed by atoms with Crippen LogP contribution in [0.5, 0.6) is 11.5 Å². The van der Waals surface area contributed by atoms with Gasteiger partial charge in [0, 0.05) is 18.3 Å². The quantitative estimate of drug-likeness (QED) is 0.476. The normalized spacial score (nSPS) is 20.9. The topological polar surface area (TPSA) is 33.7 Å². The van der Waals surface area contributed by atoms with Crippen LogP contribution in [-0.4, -0.2) is 32.3 Å². The second-order valence-corrected chi connectivity index (χ2v) is 9.59. The van der Waals surface area contributed by atoms with Crippen LogP contribution >= 0.6 is 0 Å². The van der Waals surface area contributed by atoms with E-state index in [1.807, 2.05) is 0 Å². The maximum atomic E-state index is 6.28. The Kier molecular flexibility index (Phi) is 7.05. The van der Waals surface area contributed by atoms with E-state index in [1.54, 1.807) is 7.11 Å². The molecule has 178 valence electrons. The molecule has 0 radical (unpaired) electrons. The zero-order valence-electron chi connectivity index (χ0n) is 20.4. The lowest BCUT2D eigenvalue weighted by atomic mass is 9.88. The zero-order valence-corrected chi connectivity index (χ0v) is 20.4. The van der Waals surface area contributed by atoms with E-state index in [2.05, 4.69) is 89.9 Å². The van der Waals surface area contributed by atoms with Crippen molar-refractivity contribution in [2.24, 2.45) is 0 Å². The van der Waals surface area contributed by atoms with Crippen molar-refractivity contribution in [1.82, 2.24) is 5.32 Å².